The predicted octanol–water partition coefficient (Wildman–Crippen LogP) is 1.55. The molecule has 2 rings (SSSR count). The maximum atomic E-state index is 11.1. The van der Waals surface area contributed by atoms with Gasteiger partial charge in [0, 0.05) is 11.0 Å². The third-order valence-corrected chi connectivity index (χ3v) is 4.54. The normalized spacial score (nSPS) is 31.1. The van der Waals surface area contributed by atoms with Crippen molar-refractivity contribution in [3.8, 4) is 0 Å². The van der Waals surface area contributed by atoms with Crippen molar-refractivity contribution in [2.45, 2.75) is 49.9 Å². The van der Waals surface area contributed by atoms with Crippen LogP contribution in [0.2, 0.25) is 0 Å². The van der Waals surface area contributed by atoms with Crippen molar-refractivity contribution in [2.24, 2.45) is 0 Å². The highest BCUT2D eigenvalue weighted by molar-refractivity contribution is 8.00. The molecule has 0 aromatic carbocycles. The molecule has 2 unspecified atom stereocenters. The van der Waals surface area contributed by atoms with Gasteiger partial charge in [-0.2, -0.15) is 11.8 Å². The number of hydrogen-bond acceptors (Lipinski definition) is 3. The van der Waals surface area contributed by atoms with E-state index in [-0.39, 0.29) is 6.03 Å². The molecule has 0 bridgehead atoms. The largest absolute Gasteiger partial charge is 0.332 e. The molecular formula is C11H20N2O2S. The van der Waals surface area contributed by atoms with Crippen molar-refractivity contribution >= 4 is 24.6 Å². The molecule has 2 saturated heterocycles. The van der Waals surface area contributed by atoms with Crippen LogP contribution >= 0.6 is 11.8 Å². The molecule has 0 aromatic rings. The van der Waals surface area contributed by atoms with Crippen LogP contribution in [0.15, 0.2) is 0 Å². The average molecular weight is 244 g/mol. The molecule has 0 aliphatic carbocycles. The molecule has 4 nitrogen and oxygen atoms in total. The lowest BCUT2D eigenvalue weighted by atomic mass is 10.0. The van der Waals surface area contributed by atoms with Crippen molar-refractivity contribution in [1.82, 2.24) is 10.6 Å². The van der Waals surface area contributed by atoms with Crippen molar-refractivity contribution < 1.29 is 9.59 Å². The van der Waals surface area contributed by atoms with Crippen LogP contribution < -0.4 is 10.6 Å². The Balaban J connectivity index is 0.000000606. The Morgan fingerprint density at radius 1 is 1.38 bits per heavy atom. The molecule has 0 spiro atoms. The van der Waals surface area contributed by atoms with Crippen LogP contribution in [0.4, 0.5) is 4.79 Å². The molecule has 2 aliphatic rings. The lowest BCUT2D eigenvalue weighted by Crippen LogP contribution is -2.36. The van der Waals surface area contributed by atoms with Gasteiger partial charge in [0.15, 0.2) is 0 Å². The lowest BCUT2D eigenvalue weighted by molar-refractivity contribution is -0.0979. The van der Waals surface area contributed by atoms with Gasteiger partial charge in [0.05, 0.1) is 12.1 Å². The fourth-order valence-electron chi connectivity index (χ4n) is 2.24. The van der Waals surface area contributed by atoms with E-state index in [4.69, 9.17) is 4.79 Å². The third-order valence-electron chi connectivity index (χ3n) is 3.03. The maximum Gasteiger partial charge on any atom is 0.315 e. The number of unbranched alkanes of at least 4 members (excludes halogenated alkanes) is 2. The molecule has 3 atom stereocenters. The second-order valence-corrected chi connectivity index (χ2v) is 5.39. The second-order valence-electron chi connectivity index (χ2n) is 4.12. The summed E-state index contributed by atoms with van der Waals surface area (Å²) in [6.45, 7) is 4.23. The number of fused-ring (bicyclic) bond motifs is 1. The van der Waals surface area contributed by atoms with E-state index in [0.29, 0.717) is 17.3 Å². The SMILES string of the molecule is C=O.CCCCC[C@@H]1SCC2NC(=O)NC21. The molecular weight excluding hydrogens is 224 g/mol. The smallest absolute Gasteiger partial charge is 0.315 e. The zero-order valence-corrected chi connectivity index (χ0v) is 10.5. The van der Waals surface area contributed by atoms with E-state index in [1.54, 1.807) is 0 Å². The molecule has 2 N–H and O–H groups in total. The second kappa shape index (κ2) is 6.78. The van der Waals surface area contributed by atoms with Gasteiger partial charge in [-0.25, -0.2) is 4.79 Å². The van der Waals surface area contributed by atoms with Crippen molar-refractivity contribution in [2.75, 3.05) is 5.75 Å². The van der Waals surface area contributed by atoms with E-state index in [1.165, 1.54) is 25.7 Å². The Labute approximate surface area is 101 Å². The summed E-state index contributed by atoms with van der Waals surface area (Å²) in [6.07, 6.45) is 5.14. The fraction of sp³-hybridized carbons (Fsp3) is 0.818. The van der Waals surface area contributed by atoms with Gasteiger partial charge in [-0.05, 0) is 6.42 Å². The summed E-state index contributed by atoms with van der Waals surface area (Å²) in [4.78, 5) is 19.1. The van der Waals surface area contributed by atoms with E-state index in [0.717, 1.165) is 5.75 Å². The first kappa shape index (κ1) is 13.4. The number of rotatable bonds is 4. The first-order valence-electron chi connectivity index (χ1n) is 5.78. The Kier molecular flexibility index (Phi) is 5.66. The van der Waals surface area contributed by atoms with Crippen LogP contribution in [-0.2, 0) is 4.79 Å². The number of thioether (sulfide) groups is 1. The fourth-order valence-corrected chi connectivity index (χ4v) is 3.78. The minimum atomic E-state index is 0.0285. The number of amides is 2. The number of hydrogen-bond donors (Lipinski definition) is 2. The Bertz CT molecular complexity index is 238. The summed E-state index contributed by atoms with van der Waals surface area (Å²) in [7, 11) is 0. The highest BCUT2D eigenvalue weighted by Crippen LogP contribution is 2.33. The molecule has 5 heteroatoms. The molecule has 16 heavy (non-hydrogen) atoms. The van der Waals surface area contributed by atoms with Crippen LogP contribution in [0.25, 0.3) is 0 Å². The lowest BCUT2D eigenvalue weighted by Gasteiger charge is -2.16. The van der Waals surface area contributed by atoms with Crippen LogP contribution in [0.3, 0.4) is 0 Å². The third kappa shape index (κ3) is 3.14. The Morgan fingerprint density at radius 3 is 2.81 bits per heavy atom. The van der Waals surface area contributed by atoms with Gasteiger partial charge in [-0.3, -0.25) is 0 Å². The molecule has 2 aliphatic heterocycles. The summed E-state index contributed by atoms with van der Waals surface area (Å²) < 4.78 is 0. The highest BCUT2D eigenvalue weighted by Gasteiger charge is 2.42. The van der Waals surface area contributed by atoms with Crippen LogP contribution in [0.5, 0.6) is 0 Å². The van der Waals surface area contributed by atoms with Gasteiger partial charge in [-0.1, -0.05) is 26.2 Å². The first-order chi connectivity index (χ1) is 7.81. The van der Waals surface area contributed by atoms with E-state index in [1.807, 2.05) is 18.6 Å². The van der Waals surface area contributed by atoms with Gasteiger partial charge in [0.25, 0.3) is 0 Å². The molecule has 0 aromatic heterocycles. The van der Waals surface area contributed by atoms with Gasteiger partial charge >= 0.3 is 6.03 Å². The average Bonchev–Trinajstić information content (AvgIpc) is 2.82. The van der Waals surface area contributed by atoms with Gasteiger partial charge in [-0.15, -0.1) is 0 Å². The summed E-state index contributed by atoms with van der Waals surface area (Å²) >= 11 is 2.01. The summed E-state index contributed by atoms with van der Waals surface area (Å²) in [6, 6.07) is 0.810. The van der Waals surface area contributed by atoms with E-state index >= 15 is 0 Å². The quantitative estimate of drug-likeness (QED) is 0.582. The number of urea groups is 1. The summed E-state index contributed by atoms with van der Waals surface area (Å²) in [5.74, 6) is 1.08. The molecule has 92 valence electrons. The number of carbonyl (C=O) groups is 2. The minimum Gasteiger partial charge on any atom is -0.332 e. The van der Waals surface area contributed by atoms with Crippen molar-refractivity contribution in [3.05, 3.63) is 0 Å². The molecule has 2 fully saturated rings. The monoisotopic (exact) mass is 244 g/mol. The zero-order chi connectivity index (χ0) is 12.0. The van der Waals surface area contributed by atoms with Gasteiger partial charge < -0.3 is 15.4 Å². The molecule has 2 amide bonds. The van der Waals surface area contributed by atoms with Crippen LogP contribution in [0.1, 0.15) is 32.6 Å². The maximum absolute atomic E-state index is 11.1. The molecule has 0 radical (unpaired) electrons. The van der Waals surface area contributed by atoms with Crippen LogP contribution in [0, 0.1) is 0 Å². The Hall–Kier alpha value is -0.710. The van der Waals surface area contributed by atoms with Gasteiger partial charge in [0.1, 0.15) is 6.79 Å². The van der Waals surface area contributed by atoms with Gasteiger partial charge in [0.2, 0.25) is 0 Å². The highest BCUT2D eigenvalue weighted by atomic mass is 32.2. The standard InChI is InChI=1S/C10H18N2OS.CH2O/c1-2-3-4-5-8-9-7(6-14-8)11-10(13)12-9;1-2/h7-9H,2-6H2,1H3,(H2,11,12,13);1H2/t7?,8-,9?;/m0./s1. The van der Waals surface area contributed by atoms with E-state index < -0.39 is 0 Å². The van der Waals surface area contributed by atoms with Crippen LogP contribution in [-0.4, -0.2) is 35.9 Å². The van der Waals surface area contributed by atoms with Crippen molar-refractivity contribution in [3.63, 3.8) is 0 Å². The predicted molar refractivity (Wildman–Crippen MR) is 66.8 cm³/mol. The minimum absolute atomic E-state index is 0.0285. The van der Waals surface area contributed by atoms with E-state index in [9.17, 15) is 4.79 Å². The Morgan fingerprint density at radius 2 is 2.12 bits per heavy atom. The summed E-state index contributed by atoms with van der Waals surface area (Å²) in [5.41, 5.74) is 0. The summed E-state index contributed by atoms with van der Waals surface area (Å²) in [5, 5.41) is 6.63. The topological polar surface area (TPSA) is 58.2 Å². The van der Waals surface area contributed by atoms with E-state index in [2.05, 4.69) is 17.6 Å². The molecule has 2 heterocycles. The number of carbonyl (C=O) groups excluding carboxylic acids is 2. The zero-order valence-electron chi connectivity index (χ0n) is 9.70. The number of nitrogens with one attached hydrogen (secondary N) is 2. The first-order valence-corrected chi connectivity index (χ1v) is 6.83. The molecule has 0 saturated carbocycles. The van der Waals surface area contributed by atoms with Crippen molar-refractivity contribution in [1.29, 1.82) is 0 Å².